The van der Waals surface area contributed by atoms with Crippen LogP contribution in [0.25, 0.3) is 11.5 Å². The topological polar surface area (TPSA) is 75.5 Å². The molecular formula is C14H19N3O3. The van der Waals surface area contributed by atoms with Crippen molar-refractivity contribution in [1.82, 2.24) is 15.1 Å². The molecule has 0 spiro atoms. The summed E-state index contributed by atoms with van der Waals surface area (Å²) in [7, 11) is 0. The second-order valence-electron chi connectivity index (χ2n) is 5.25. The number of hydrogen-bond donors (Lipinski definition) is 1. The molecule has 1 fully saturated rings. The van der Waals surface area contributed by atoms with Gasteiger partial charge in [0.15, 0.2) is 0 Å². The van der Waals surface area contributed by atoms with Crippen molar-refractivity contribution in [3.63, 3.8) is 0 Å². The molecule has 0 aliphatic heterocycles. The van der Waals surface area contributed by atoms with E-state index in [-0.39, 0.29) is 6.61 Å². The van der Waals surface area contributed by atoms with Gasteiger partial charge in [-0.1, -0.05) is 0 Å². The van der Waals surface area contributed by atoms with Gasteiger partial charge in [0.05, 0.1) is 18.7 Å². The van der Waals surface area contributed by atoms with E-state index in [1.165, 1.54) is 12.8 Å². The van der Waals surface area contributed by atoms with Gasteiger partial charge in [-0.3, -0.25) is 4.90 Å². The average molecular weight is 277 g/mol. The molecule has 1 aliphatic carbocycles. The zero-order valence-corrected chi connectivity index (χ0v) is 11.8. The molecule has 2 aromatic heterocycles. The number of nitrogens with zero attached hydrogens (tertiary/aromatic N) is 3. The summed E-state index contributed by atoms with van der Waals surface area (Å²) in [6.45, 7) is 5.16. The zero-order chi connectivity index (χ0) is 14.1. The van der Waals surface area contributed by atoms with Crippen LogP contribution in [0.2, 0.25) is 0 Å². The normalized spacial score (nSPS) is 15.2. The quantitative estimate of drug-likeness (QED) is 0.869. The Labute approximate surface area is 117 Å². The van der Waals surface area contributed by atoms with E-state index in [1.54, 1.807) is 0 Å². The van der Waals surface area contributed by atoms with Crippen LogP contribution in [0.3, 0.4) is 0 Å². The minimum atomic E-state index is 0.150. The molecule has 3 rings (SSSR count). The van der Waals surface area contributed by atoms with E-state index < -0.39 is 0 Å². The minimum absolute atomic E-state index is 0.150. The van der Waals surface area contributed by atoms with E-state index in [9.17, 15) is 0 Å². The zero-order valence-electron chi connectivity index (χ0n) is 11.8. The van der Waals surface area contributed by atoms with Gasteiger partial charge in [-0.15, -0.1) is 10.2 Å². The van der Waals surface area contributed by atoms with E-state index in [1.807, 2.05) is 19.9 Å². The summed E-state index contributed by atoms with van der Waals surface area (Å²) in [6, 6.07) is 2.45. The first-order chi connectivity index (χ1) is 9.67. The number of aliphatic hydroxyl groups is 1. The first-order valence-corrected chi connectivity index (χ1v) is 6.92. The molecule has 1 saturated carbocycles. The van der Waals surface area contributed by atoms with Crippen molar-refractivity contribution in [3.8, 4) is 11.5 Å². The predicted octanol–water partition coefficient (Wildman–Crippen LogP) is 1.90. The number of aryl methyl sites for hydroxylation is 2. The summed E-state index contributed by atoms with van der Waals surface area (Å²) in [5.74, 6) is 2.69. The number of aliphatic hydroxyl groups excluding tert-OH is 1. The Morgan fingerprint density at radius 3 is 2.70 bits per heavy atom. The summed E-state index contributed by atoms with van der Waals surface area (Å²) in [4.78, 5) is 2.19. The van der Waals surface area contributed by atoms with Crippen molar-refractivity contribution in [2.75, 3.05) is 13.2 Å². The standard InChI is InChI=1S/C14H19N3O3/c1-9-7-12(10(2)19-9)14-16-15-13(20-14)8-17(5-6-18)11-3-4-11/h7,11,18H,3-6,8H2,1-2H3. The highest BCUT2D eigenvalue weighted by molar-refractivity contribution is 5.55. The van der Waals surface area contributed by atoms with Crippen molar-refractivity contribution in [3.05, 3.63) is 23.5 Å². The molecule has 20 heavy (non-hydrogen) atoms. The van der Waals surface area contributed by atoms with Crippen LogP contribution in [0, 0.1) is 13.8 Å². The van der Waals surface area contributed by atoms with Crippen LogP contribution in [0.5, 0.6) is 0 Å². The molecule has 2 heterocycles. The van der Waals surface area contributed by atoms with E-state index >= 15 is 0 Å². The van der Waals surface area contributed by atoms with Crippen LogP contribution in [0.4, 0.5) is 0 Å². The number of furan rings is 1. The summed E-state index contributed by atoms with van der Waals surface area (Å²) in [6.07, 6.45) is 2.36. The van der Waals surface area contributed by atoms with Gasteiger partial charge in [-0.25, -0.2) is 0 Å². The highest BCUT2D eigenvalue weighted by Gasteiger charge is 2.29. The molecule has 0 bridgehead atoms. The molecule has 0 atom stereocenters. The molecule has 0 amide bonds. The maximum Gasteiger partial charge on any atom is 0.251 e. The molecule has 6 nitrogen and oxygen atoms in total. The van der Waals surface area contributed by atoms with E-state index in [2.05, 4.69) is 15.1 Å². The van der Waals surface area contributed by atoms with Gasteiger partial charge >= 0.3 is 0 Å². The van der Waals surface area contributed by atoms with Gasteiger partial charge in [0.2, 0.25) is 5.89 Å². The maximum atomic E-state index is 9.09. The molecule has 0 radical (unpaired) electrons. The second kappa shape index (κ2) is 5.38. The summed E-state index contributed by atoms with van der Waals surface area (Å²) in [5.41, 5.74) is 0.849. The third-order valence-corrected chi connectivity index (χ3v) is 3.53. The van der Waals surface area contributed by atoms with Crippen LogP contribution < -0.4 is 0 Å². The third-order valence-electron chi connectivity index (χ3n) is 3.53. The Bertz CT molecular complexity index is 586. The summed E-state index contributed by atoms with van der Waals surface area (Å²) < 4.78 is 11.2. The molecule has 6 heteroatoms. The predicted molar refractivity (Wildman–Crippen MR) is 72.0 cm³/mol. The van der Waals surface area contributed by atoms with Crippen LogP contribution in [0.15, 0.2) is 14.9 Å². The molecule has 0 unspecified atom stereocenters. The minimum Gasteiger partial charge on any atom is -0.466 e. The number of rotatable bonds is 6. The Kier molecular flexibility index (Phi) is 3.58. The Morgan fingerprint density at radius 2 is 2.10 bits per heavy atom. The van der Waals surface area contributed by atoms with Crippen LogP contribution >= 0.6 is 0 Å². The lowest BCUT2D eigenvalue weighted by Crippen LogP contribution is -2.28. The molecule has 0 saturated heterocycles. The van der Waals surface area contributed by atoms with Crippen LogP contribution in [0.1, 0.15) is 30.3 Å². The molecule has 108 valence electrons. The van der Waals surface area contributed by atoms with E-state index in [0.29, 0.717) is 30.9 Å². The van der Waals surface area contributed by atoms with Gasteiger partial charge < -0.3 is 13.9 Å². The molecule has 0 aromatic carbocycles. The molecule has 1 aliphatic rings. The fraction of sp³-hybridized carbons (Fsp3) is 0.571. The maximum absolute atomic E-state index is 9.09. The highest BCUT2D eigenvalue weighted by atomic mass is 16.4. The lowest BCUT2D eigenvalue weighted by molar-refractivity contribution is 0.172. The van der Waals surface area contributed by atoms with Crippen LogP contribution in [-0.4, -0.2) is 39.4 Å². The largest absolute Gasteiger partial charge is 0.466 e. The Balaban J connectivity index is 1.74. The lowest BCUT2D eigenvalue weighted by atomic mass is 10.2. The Hall–Kier alpha value is -1.66. The summed E-state index contributed by atoms with van der Waals surface area (Å²) in [5, 5.41) is 17.3. The molecule has 2 aromatic rings. The lowest BCUT2D eigenvalue weighted by Gasteiger charge is -2.17. The first-order valence-electron chi connectivity index (χ1n) is 6.92. The monoisotopic (exact) mass is 277 g/mol. The third kappa shape index (κ3) is 2.76. The second-order valence-corrected chi connectivity index (χ2v) is 5.25. The average Bonchev–Trinajstić information content (AvgIpc) is 3.07. The Morgan fingerprint density at radius 1 is 1.30 bits per heavy atom. The van der Waals surface area contributed by atoms with Crippen LogP contribution in [-0.2, 0) is 6.54 Å². The van der Waals surface area contributed by atoms with Crippen molar-refractivity contribution in [1.29, 1.82) is 0 Å². The van der Waals surface area contributed by atoms with Gasteiger partial charge in [-0.2, -0.15) is 0 Å². The molecular weight excluding hydrogens is 258 g/mol. The van der Waals surface area contributed by atoms with Gasteiger partial charge in [0.25, 0.3) is 5.89 Å². The fourth-order valence-electron chi connectivity index (χ4n) is 2.40. The van der Waals surface area contributed by atoms with Gasteiger partial charge in [0.1, 0.15) is 11.5 Å². The fourth-order valence-corrected chi connectivity index (χ4v) is 2.40. The number of aromatic nitrogens is 2. The van der Waals surface area contributed by atoms with Gasteiger partial charge in [-0.05, 0) is 32.8 Å². The molecule has 1 N–H and O–H groups in total. The van der Waals surface area contributed by atoms with E-state index in [4.69, 9.17) is 13.9 Å². The van der Waals surface area contributed by atoms with Crippen molar-refractivity contribution in [2.24, 2.45) is 0 Å². The number of hydrogen-bond acceptors (Lipinski definition) is 6. The van der Waals surface area contributed by atoms with E-state index in [0.717, 1.165) is 17.1 Å². The van der Waals surface area contributed by atoms with Crippen molar-refractivity contribution in [2.45, 2.75) is 39.3 Å². The highest BCUT2D eigenvalue weighted by Crippen LogP contribution is 2.29. The van der Waals surface area contributed by atoms with Gasteiger partial charge in [0, 0.05) is 12.6 Å². The smallest absolute Gasteiger partial charge is 0.251 e. The SMILES string of the molecule is Cc1cc(-c2nnc(CN(CCO)C3CC3)o2)c(C)o1. The summed E-state index contributed by atoms with van der Waals surface area (Å²) >= 11 is 0. The van der Waals surface area contributed by atoms with Crippen molar-refractivity contribution >= 4 is 0 Å². The van der Waals surface area contributed by atoms with Crippen molar-refractivity contribution < 1.29 is 13.9 Å². The first kappa shape index (κ1) is 13.3.